The number of cyclic esters (lactones) is 1. The van der Waals surface area contributed by atoms with Crippen molar-refractivity contribution >= 4 is 40.7 Å². The number of methoxy groups -OCH3 is 1. The van der Waals surface area contributed by atoms with Gasteiger partial charge in [-0.15, -0.1) is 0 Å². The molecular weight excluding hydrogens is 843 g/mol. The molecule has 2 aliphatic rings. The minimum absolute atomic E-state index is 0.0272. The Morgan fingerprint density at radius 1 is 1.08 bits per heavy atom. The maximum atomic E-state index is 14.7. The largest absolute Gasteiger partial charge is 0.508 e. The molecule has 3 atom stereocenters. The molecule has 2 aromatic carbocycles. The third kappa shape index (κ3) is 11.3. The Morgan fingerprint density at radius 3 is 2.50 bits per heavy atom. The number of nitrogens with one attached hydrogen (secondary N) is 2. The highest BCUT2D eigenvalue weighted by molar-refractivity contribution is 5.96. The molecule has 2 aromatic heterocycles. The van der Waals surface area contributed by atoms with Crippen molar-refractivity contribution in [1.82, 2.24) is 35.1 Å². The van der Waals surface area contributed by atoms with E-state index < -0.39 is 64.8 Å². The van der Waals surface area contributed by atoms with E-state index in [-0.39, 0.29) is 31.9 Å². The maximum Gasteiger partial charge on any atom is 0.410 e. The molecule has 16 nitrogen and oxygen atoms in total. The first-order valence-electron chi connectivity index (χ1n) is 22.8. The number of aryl methyl sites for hydroxylation is 1. The number of aromatic hydroxyl groups is 1. The van der Waals surface area contributed by atoms with E-state index in [2.05, 4.69) is 53.2 Å². The number of nitrogens with zero attached hydrogens (tertiary/aromatic N) is 5. The van der Waals surface area contributed by atoms with Crippen molar-refractivity contribution in [2.75, 3.05) is 40.9 Å². The van der Waals surface area contributed by atoms with Gasteiger partial charge in [-0.2, -0.15) is 0 Å². The number of phenolic OH excluding ortho intramolecular Hbond substituents is 1. The van der Waals surface area contributed by atoms with Crippen LogP contribution >= 0.6 is 0 Å². The summed E-state index contributed by atoms with van der Waals surface area (Å²) in [5.41, 5.74) is 8.84. The molecule has 1 fully saturated rings. The molecule has 1 saturated heterocycles. The van der Waals surface area contributed by atoms with Gasteiger partial charge < -0.3 is 39.0 Å². The van der Waals surface area contributed by atoms with Crippen LogP contribution in [0.2, 0.25) is 0 Å². The number of rotatable bonds is 10. The Labute approximate surface area is 387 Å². The average Bonchev–Trinajstić information content (AvgIpc) is 3.55. The maximum absolute atomic E-state index is 14.7. The molecule has 0 aliphatic carbocycles. The second kappa shape index (κ2) is 20.3. The number of phenols is 1. The van der Waals surface area contributed by atoms with Crippen LogP contribution in [0.5, 0.6) is 5.75 Å². The van der Waals surface area contributed by atoms with Crippen molar-refractivity contribution < 1.29 is 43.3 Å². The zero-order valence-electron chi connectivity index (χ0n) is 40.3. The first-order chi connectivity index (χ1) is 31.1. The van der Waals surface area contributed by atoms with E-state index >= 15 is 0 Å². The number of hydrogen-bond donors (Lipinski definition) is 3. The van der Waals surface area contributed by atoms with E-state index in [1.54, 1.807) is 60.1 Å². The fraction of sp³-hybridized carbons (Fsp3) is 0.520. The smallest absolute Gasteiger partial charge is 0.410 e. The number of hydrazine groups is 1. The highest BCUT2D eigenvalue weighted by atomic mass is 16.6. The highest BCUT2D eigenvalue weighted by Crippen LogP contribution is 2.41. The third-order valence-electron chi connectivity index (χ3n) is 12.1. The summed E-state index contributed by atoms with van der Waals surface area (Å²) in [6.07, 6.45) is 4.36. The molecule has 2 aliphatic heterocycles. The predicted molar refractivity (Wildman–Crippen MR) is 251 cm³/mol. The van der Waals surface area contributed by atoms with Gasteiger partial charge >= 0.3 is 12.1 Å². The van der Waals surface area contributed by atoms with E-state index in [9.17, 15) is 29.1 Å². The van der Waals surface area contributed by atoms with Crippen LogP contribution in [0, 0.1) is 11.3 Å². The van der Waals surface area contributed by atoms with Crippen molar-refractivity contribution in [3.05, 3.63) is 71.5 Å². The van der Waals surface area contributed by atoms with Crippen LogP contribution in [0.15, 0.2) is 54.9 Å². The lowest BCUT2D eigenvalue weighted by atomic mass is 9.84. The zero-order valence-corrected chi connectivity index (χ0v) is 40.3. The lowest BCUT2D eigenvalue weighted by molar-refractivity contribution is -0.155. The number of fused-ring (bicyclic) bond motifs is 6. The molecule has 0 radical (unpaired) electrons. The fourth-order valence-corrected chi connectivity index (χ4v) is 8.99. The van der Waals surface area contributed by atoms with Crippen LogP contribution in [0.4, 0.5) is 4.79 Å². The number of amides is 4. The number of benzene rings is 2. The summed E-state index contributed by atoms with van der Waals surface area (Å²) in [5.74, 6) is -2.53. The van der Waals surface area contributed by atoms with E-state index in [4.69, 9.17) is 14.2 Å². The minimum atomic E-state index is -1.20. The molecule has 6 bridgehead atoms. The van der Waals surface area contributed by atoms with Gasteiger partial charge in [0.15, 0.2) is 0 Å². The van der Waals surface area contributed by atoms with Gasteiger partial charge in [-0.25, -0.2) is 10.2 Å². The number of esters is 1. The predicted octanol–water partition coefficient (Wildman–Crippen LogP) is 6.24. The SMILES string of the molecule is CCn1c(-c2cnccc2COC)c2c3cc(ccc31)-c1cc(O)cc(c1)C[C@H](NC(=O)[C@H](C(C)C)N(C)C(=O)CN(C)C(=O)OC(C)(C)C)C(=O)N1CCC[C@H](N1)C(=O)OCC(C)(C)C2. The number of hydrogen-bond acceptors (Lipinski definition) is 11. The number of ether oxygens (including phenoxy) is 3. The van der Waals surface area contributed by atoms with Crippen molar-refractivity contribution in [2.45, 2.75) is 118 Å². The molecular formula is C50H67N7O9. The monoisotopic (exact) mass is 910 g/mol. The molecule has 0 unspecified atom stereocenters. The van der Waals surface area contributed by atoms with Crippen molar-refractivity contribution in [3.63, 3.8) is 0 Å². The van der Waals surface area contributed by atoms with Gasteiger partial charge in [-0.05, 0) is 111 Å². The van der Waals surface area contributed by atoms with Crippen LogP contribution in [0.3, 0.4) is 0 Å². The molecule has 0 saturated carbocycles. The van der Waals surface area contributed by atoms with Gasteiger partial charge in [0.1, 0.15) is 36.0 Å². The van der Waals surface area contributed by atoms with Gasteiger partial charge in [0.25, 0.3) is 5.91 Å². The summed E-state index contributed by atoms with van der Waals surface area (Å²) >= 11 is 0. The number of carbonyl (C=O) groups excluding carboxylic acids is 5. The van der Waals surface area contributed by atoms with Gasteiger partial charge in [-0.3, -0.25) is 29.2 Å². The van der Waals surface area contributed by atoms with Gasteiger partial charge in [-0.1, -0.05) is 39.8 Å². The first-order valence-corrected chi connectivity index (χ1v) is 22.8. The van der Waals surface area contributed by atoms with E-state index in [1.807, 2.05) is 24.4 Å². The second-order valence-corrected chi connectivity index (χ2v) is 19.7. The zero-order chi connectivity index (χ0) is 48.2. The number of carbonyl (C=O) groups is 5. The summed E-state index contributed by atoms with van der Waals surface area (Å²) in [6, 6.07) is 10.2. The van der Waals surface area contributed by atoms with Crippen LogP contribution in [0.1, 0.15) is 84.9 Å². The Morgan fingerprint density at radius 2 is 1.82 bits per heavy atom. The standard InChI is InChI=1S/C50H67N7O9/c1-12-56-41-16-15-32-24-36(41)37(44(56)38-26-51-18-17-33(38)28-64-11)25-50(7,8)29-65-47(62)39-14-13-19-57(53-39)46(61)40(22-31-20-34(32)23-35(58)21-31)52-45(60)43(30(2)3)55(10)42(59)27-54(9)48(63)66-49(4,5)6/h15-18,20-21,23-24,26,30,39-40,43,53,58H,12-14,19,22,25,27-29H2,1-11H3,(H,52,60)/t39-,40-,43-/m0/s1. The second-order valence-electron chi connectivity index (χ2n) is 19.7. The van der Waals surface area contributed by atoms with Crippen molar-refractivity contribution in [2.24, 2.45) is 11.3 Å². The summed E-state index contributed by atoms with van der Waals surface area (Å²) in [4.78, 5) is 76.3. The van der Waals surface area contributed by atoms with E-state index in [0.29, 0.717) is 43.5 Å². The first kappa shape index (κ1) is 49.4. The Bertz CT molecular complexity index is 2460. The van der Waals surface area contributed by atoms with Crippen LogP contribution in [0.25, 0.3) is 33.3 Å². The lowest BCUT2D eigenvalue weighted by Gasteiger charge is -2.37. The highest BCUT2D eigenvalue weighted by Gasteiger charge is 2.38. The summed E-state index contributed by atoms with van der Waals surface area (Å²) in [7, 11) is 4.60. The Kier molecular flexibility index (Phi) is 15.2. The number of pyridine rings is 1. The van der Waals surface area contributed by atoms with Gasteiger partial charge in [0.05, 0.1) is 18.9 Å². The van der Waals surface area contributed by atoms with Gasteiger partial charge in [0.2, 0.25) is 11.8 Å². The molecule has 4 aromatic rings. The topological polar surface area (TPSA) is 185 Å². The summed E-state index contributed by atoms with van der Waals surface area (Å²) < 4.78 is 19.4. The Hall–Kier alpha value is -6.00. The normalized spacial score (nSPS) is 18.3. The van der Waals surface area contributed by atoms with Crippen molar-refractivity contribution in [3.8, 4) is 28.1 Å². The minimum Gasteiger partial charge on any atom is -0.508 e. The Balaban J connectivity index is 1.43. The van der Waals surface area contributed by atoms with E-state index in [1.165, 1.54) is 24.0 Å². The molecule has 4 heterocycles. The third-order valence-corrected chi connectivity index (χ3v) is 12.1. The number of likely N-dealkylation sites (N-methyl/N-ethyl adjacent to an activating group) is 2. The van der Waals surface area contributed by atoms with Crippen molar-refractivity contribution in [1.29, 1.82) is 0 Å². The number of aromatic nitrogens is 2. The molecule has 3 N–H and O–H groups in total. The fourth-order valence-electron chi connectivity index (χ4n) is 8.99. The average molecular weight is 910 g/mol. The molecule has 4 amide bonds. The molecule has 6 rings (SSSR count). The van der Waals surface area contributed by atoms with E-state index in [0.717, 1.165) is 43.8 Å². The van der Waals surface area contributed by atoms with Crippen LogP contribution < -0.4 is 10.7 Å². The lowest BCUT2D eigenvalue weighted by Crippen LogP contribution is -2.62. The molecule has 16 heteroatoms. The quantitative estimate of drug-likeness (QED) is 0.153. The van der Waals surface area contributed by atoms with Crippen LogP contribution in [-0.2, 0) is 59.4 Å². The summed E-state index contributed by atoms with van der Waals surface area (Å²) in [5, 5.41) is 16.6. The molecule has 356 valence electrons. The van der Waals surface area contributed by atoms with Crippen LogP contribution in [-0.4, -0.2) is 124 Å². The summed E-state index contributed by atoms with van der Waals surface area (Å²) in [6.45, 7) is 16.0. The van der Waals surface area contributed by atoms with Gasteiger partial charge in [0, 0.05) is 75.0 Å². The molecule has 66 heavy (non-hydrogen) atoms. The molecule has 0 spiro atoms.